The molecule has 0 saturated heterocycles. The molecule has 2 rings (SSSR count). The van der Waals surface area contributed by atoms with Crippen LogP contribution in [0, 0.1) is 0 Å². The Bertz CT molecular complexity index is 664. The lowest BCUT2D eigenvalue weighted by atomic mass is 10.2. The lowest BCUT2D eigenvalue weighted by molar-refractivity contribution is 0.480. The van der Waals surface area contributed by atoms with Crippen LogP contribution in [-0.4, -0.2) is 24.6 Å². The minimum absolute atomic E-state index is 0.139. The van der Waals surface area contributed by atoms with Gasteiger partial charge in [0.25, 0.3) is 0 Å². The molecule has 0 fully saturated rings. The maximum atomic E-state index is 11.3. The Hall–Kier alpha value is -1.47. The molecule has 0 amide bonds. The van der Waals surface area contributed by atoms with E-state index >= 15 is 0 Å². The van der Waals surface area contributed by atoms with Crippen molar-refractivity contribution in [1.29, 1.82) is 0 Å². The Labute approximate surface area is 116 Å². The van der Waals surface area contributed by atoms with E-state index in [2.05, 4.69) is 9.97 Å². The van der Waals surface area contributed by atoms with Gasteiger partial charge in [-0.25, -0.2) is 4.98 Å². The molecule has 102 valence electrons. The third-order valence-corrected chi connectivity index (χ3v) is 4.13. The van der Waals surface area contributed by atoms with Crippen molar-refractivity contribution in [1.82, 2.24) is 9.97 Å². The number of hydrogen-bond acceptors (Lipinski definition) is 6. The van der Waals surface area contributed by atoms with Gasteiger partial charge in [-0.2, -0.15) is 8.42 Å². The van der Waals surface area contributed by atoms with Crippen molar-refractivity contribution < 1.29 is 12.6 Å². The van der Waals surface area contributed by atoms with E-state index in [-0.39, 0.29) is 11.8 Å². The number of pyridine rings is 1. The molecule has 0 N–H and O–H groups in total. The average molecular weight is 298 g/mol. The summed E-state index contributed by atoms with van der Waals surface area (Å²) in [7, 11) is -3.57. The highest BCUT2D eigenvalue weighted by atomic mass is 32.2. The minimum atomic E-state index is -3.57. The van der Waals surface area contributed by atoms with Gasteiger partial charge in [0, 0.05) is 18.0 Å². The summed E-state index contributed by atoms with van der Waals surface area (Å²) in [5.74, 6) is 0.307. The molecule has 0 aliphatic rings. The van der Waals surface area contributed by atoms with Gasteiger partial charge in [-0.05, 0) is 18.1 Å². The van der Waals surface area contributed by atoms with E-state index in [4.69, 9.17) is 4.18 Å². The van der Waals surface area contributed by atoms with Crippen LogP contribution in [0.4, 0.5) is 0 Å². The summed E-state index contributed by atoms with van der Waals surface area (Å²) in [5, 5.41) is 0.704. The lowest BCUT2D eigenvalue weighted by Gasteiger charge is -2.04. The molecule has 0 saturated carbocycles. The van der Waals surface area contributed by atoms with Crippen LogP contribution in [0.15, 0.2) is 24.5 Å². The van der Waals surface area contributed by atoms with Crippen molar-refractivity contribution >= 4 is 21.5 Å². The van der Waals surface area contributed by atoms with Crippen molar-refractivity contribution in [3.63, 3.8) is 0 Å². The number of thiazole rings is 1. The first-order valence-electron chi connectivity index (χ1n) is 5.67. The van der Waals surface area contributed by atoms with E-state index in [0.29, 0.717) is 5.01 Å². The topological polar surface area (TPSA) is 69.2 Å². The van der Waals surface area contributed by atoms with Gasteiger partial charge in [0.1, 0.15) is 5.01 Å². The maximum Gasteiger partial charge on any atom is 0.307 e. The van der Waals surface area contributed by atoms with E-state index in [9.17, 15) is 8.42 Å². The summed E-state index contributed by atoms with van der Waals surface area (Å²) >= 11 is 1.42. The molecule has 2 aromatic rings. The van der Waals surface area contributed by atoms with E-state index in [1.165, 1.54) is 11.3 Å². The van der Waals surface area contributed by atoms with E-state index in [0.717, 1.165) is 16.7 Å². The molecule has 0 aromatic carbocycles. The highest BCUT2D eigenvalue weighted by Gasteiger charge is 2.19. The summed E-state index contributed by atoms with van der Waals surface area (Å²) in [6.07, 6.45) is 4.38. The number of aromatic nitrogens is 2. The van der Waals surface area contributed by atoms with Gasteiger partial charge < -0.3 is 4.18 Å². The van der Waals surface area contributed by atoms with Gasteiger partial charge in [-0.15, -0.1) is 11.3 Å². The number of hydrogen-bond donors (Lipinski definition) is 0. The third-order valence-electron chi connectivity index (χ3n) is 2.28. The Balaban J connectivity index is 2.47. The van der Waals surface area contributed by atoms with Crippen molar-refractivity contribution in [2.45, 2.75) is 19.8 Å². The SMILES string of the molecule is CC(C)c1sc(-c2cccnc2)nc1OS(C)(=O)=O. The predicted molar refractivity (Wildman–Crippen MR) is 74.9 cm³/mol. The standard InChI is InChI=1S/C12H14N2O3S2/c1-8(2)10-11(17-19(3,15)16)14-12(18-10)9-5-4-6-13-7-9/h4-8H,1-3H3. The molecule has 0 spiro atoms. The summed E-state index contributed by atoms with van der Waals surface area (Å²) in [5.41, 5.74) is 0.845. The van der Waals surface area contributed by atoms with Crippen LogP contribution in [0.1, 0.15) is 24.6 Å². The Morgan fingerprint density at radius 3 is 2.63 bits per heavy atom. The largest absolute Gasteiger partial charge is 0.361 e. The van der Waals surface area contributed by atoms with Gasteiger partial charge in [0.2, 0.25) is 5.88 Å². The summed E-state index contributed by atoms with van der Waals surface area (Å²) in [6.45, 7) is 3.94. The first-order chi connectivity index (χ1) is 8.87. The van der Waals surface area contributed by atoms with Crippen LogP contribution in [0.3, 0.4) is 0 Å². The molecule has 0 aliphatic carbocycles. The molecule has 0 atom stereocenters. The molecule has 5 nitrogen and oxygen atoms in total. The molecule has 19 heavy (non-hydrogen) atoms. The van der Waals surface area contributed by atoms with Crippen LogP contribution in [0.5, 0.6) is 5.88 Å². The Morgan fingerprint density at radius 2 is 2.11 bits per heavy atom. The zero-order valence-corrected chi connectivity index (χ0v) is 12.5. The highest BCUT2D eigenvalue weighted by Crippen LogP contribution is 2.37. The molecule has 0 unspecified atom stereocenters. The van der Waals surface area contributed by atoms with Crippen molar-refractivity contribution in [3.8, 4) is 16.5 Å². The van der Waals surface area contributed by atoms with Crippen LogP contribution < -0.4 is 4.18 Å². The van der Waals surface area contributed by atoms with Crippen molar-refractivity contribution in [2.24, 2.45) is 0 Å². The second-order valence-corrected chi connectivity index (χ2v) is 6.98. The first-order valence-corrected chi connectivity index (χ1v) is 8.30. The van der Waals surface area contributed by atoms with Gasteiger partial charge in [0.05, 0.1) is 11.1 Å². The van der Waals surface area contributed by atoms with Crippen LogP contribution >= 0.6 is 11.3 Å². The molecule has 0 aliphatic heterocycles. The second kappa shape index (κ2) is 5.26. The van der Waals surface area contributed by atoms with Crippen molar-refractivity contribution in [3.05, 3.63) is 29.4 Å². The Morgan fingerprint density at radius 1 is 1.37 bits per heavy atom. The van der Waals surface area contributed by atoms with E-state index in [1.54, 1.807) is 12.4 Å². The van der Waals surface area contributed by atoms with Crippen LogP contribution in [0.2, 0.25) is 0 Å². The number of rotatable bonds is 4. The normalized spacial score (nSPS) is 11.8. The van der Waals surface area contributed by atoms with Crippen molar-refractivity contribution in [2.75, 3.05) is 6.26 Å². The monoisotopic (exact) mass is 298 g/mol. The lowest BCUT2D eigenvalue weighted by Crippen LogP contribution is -2.07. The summed E-state index contributed by atoms with van der Waals surface area (Å²) in [4.78, 5) is 9.10. The Kier molecular flexibility index (Phi) is 3.86. The van der Waals surface area contributed by atoms with E-state index in [1.807, 2.05) is 26.0 Å². The zero-order chi connectivity index (χ0) is 14.0. The fraction of sp³-hybridized carbons (Fsp3) is 0.333. The molecular formula is C12H14N2O3S2. The maximum absolute atomic E-state index is 11.3. The third kappa shape index (κ3) is 3.51. The molecule has 0 bridgehead atoms. The second-order valence-electron chi connectivity index (χ2n) is 4.37. The van der Waals surface area contributed by atoms with Gasteiger partial charge >= 0.3 is 10.1 Å². The highest BCUT2D eigenvalue weighted by molar-refractivity contribution is 7.86. The minimum Gasteiger partial charge on any atom is -0.361 e. The zero-order valence-electron chi connectivity index (χ0n) is 10.8. The summed E-state index contributed by atoms with van der Waals surface area (Å²) < 4.78 is 27.5. The van der Waals surface area contributed by atoms with Crippen LogP contribution in [0.25, 0.3) is 10.6 Å². The number of nitrogens with zero attached hydrogens (tertiary/aromatic N) is 2. The molecule has 2 aromatic heterocycles. The first kappa shape index (κ1) is 14.0. The van der Waals surface area contributed by atoms with Gasteiger partial charge in [-0.3, -0.25) is 4.98 Å². The van der Waals surface area contributed by atoms with Crippen LogP contribution in [-0.2, 0) is 10.1 Å². The summed E-state index contributed by atoms with van der Waals surface area (Å²) in [6, 6.07) is 3.68. The predicted octanol–water partition coefficient (Wildman–Crippen LogP) is 2.67. The van der Waals surface area contributed by atoms with E-state index < -0.39 is 10.1 Å². The fourth-order valence-electron chi connectivity index (χ4n) is 1.50. The molecular weight excluding hydrogens is 284 g/mol. The molecule has 0 radical (unpaired) electrons. The average Bonchev–Trinajstić information content (AvgIpc) is 2.72. The van der Waals surface area contributed by atoms with Gasteiger partial charge in [-0.1, -0.05) is 13.8 Å². The molecule has 7 heteroatoms. The smallest absolute Gasteiger partial charge is 0.307 e. The quantitative estimate of drug-likeness (QED) is 0.812. The molecule has 2 heterocycles. The van der Waals surface area contributed by atoms with Gasteiger partial charge in [0.15, 0.2) is 0 Å². The fourth-order valence-corrected chi connectivity index (χ4v) is 2.95.